The number of anilines is 1. The number of nitrogens with one attached hydrogen (secondary N) is 1. The maximum Gasteiger partial charge on any atom is 0.294 e. The first-order chi connectivity index (χ1) is 18.9. The maximum atomic E-state index is 13.0. The fourth-order valence-corrected chi connectivity index (χ4v) is 4.68. The number of hydrogen-bond acceptors (Lipinski definition) is 9. The molecule has 2 heterocycles. The number of ether oxygens (including phenoxy) is 3. The molecule has 0 radical (unpaired) electrons. The number of fused-ring (bicyclic) bond motifs is 1. The molecule has 2 aliphatic rings. The van der Waals surface area contributed by atoms with Crippen LogP contribution in [0, 0.1) is 10.1 Å². The highest BCUT2D eigenvalue weighted by Crippen LogP contribution is 2.35. The van der Waals surface area contributed by atoms with Crippen LogP contribution >= 0.6 is 11.8 Å². The number of non-ortho nitro benzene ring substituents is 1. The number of thioether (sulfide) groups is 1. The summed E-state index contributed by atoms with van der Waals surface area (Å²) in [6, 6.07) is 17.9. The number of para-hydroxylation sites is 1. The van der Waals surface area contributed by atoms with Gasteiger partial charge in [0, 0.05) is 29.4 Å². The van der Waals surface area contributed by atoms with Crippen LogP contribution in [0.25, 0.3) is 6.08 Å². The second-order valence-corrected chi connectivity index (χ2v) is 9.42. The lowest BCUT2D eigenvalue weighted by molar-refractivity contribution is -0.384. The van der Waals surface area contributed by atoms with Crippen molar-refractivity contribution >= 4 is 46.3 Å². The third-order valence-corrected chi connectivity index (χ3v) is 6.66. The SMILES string of the molecule is O=C(CN1C(=O)S/C(=C\c2ccccc2OCc2ccc([N+](=O)[O-])cc2)C1=O)Nc1ccc2c(c1)OCCO2. The van der Waals surface area contributed by atoms with Crippen molar-refractivity contribution in [2.45, 2.75) is 6.61 Å². The largest absolute Gasteiger partial charge is 0.488 e. The summed E-state index contributed by atoms with van der Waals surface area (Å²) in [5, 5.41) is 12.9. The molecule has 0 spiro atoms. The third kappa shape index (κ3) is 6.02. The predicted molar refractivity (Wildman–Crippen MR) is 143 cm³/mol. The zero-order chi connectivity index (χ0) is 27.4. The van der Waals surface area contributed by atoms with Crippen molar-refractivity contribution in [1.29, 1.82) is 0 Å². The van der Waals surface area contributed by atoms with Crippen LogP contribution in [0.4, 0.5) is 16.2 Å². The molecule has 0 unspecified atom stereocenters. The van der Waals surface area contributed by atoms with E-state index in [0.717, 1.165) is 22.2 Å². The van der Waals surface area contributed by atoms with Crippen molar-refractivity contribution in [3.05, 3.63) is 92.9 Å². The van der Waals surface area contributed by atoms with Gasteiger partial charge in [0.05, 0.1) is 9.83 Å². The number of rotatable bonds is 8. The number of hydrogen-bond donors (Lipinski definition) is 1. The van der Waals surface area contributed by atoms with Gasteiger partial charge >= 0.3 is 0 Å². The van der Waals surface area contributed by atoms with Crippen LogP contribution in [0.3, 0.4) is 0 Å². The van der Waals surface area contributed by atoms with Gasteiger partial charge in [0.1, 0.15) is 32.1 Å². The normalized spacial score (nSPS) is 15.4. The molecule has 3 aromatic carbocycles. The van der Waals surface area contributed by atoms with Crippen LogP contribution < -0.4 is 19.5 Å². The topological polar surface area (TPSA) is 137 Å². The summed E-state index contributed by atoms with van der Waals surface area (Å²) in [4.78, 5) is 49.6. The molecule has 0 saturated carbocycles. The van der Waals surface area contributed by atoms with Gasteiger partial charge in [-0.25, -0.2) is 0 Å². The smallest absolute Gasteiger partial charge is 0.294 e. The molecule has 3 amide bonds. The van der Waals surface area contributed by atoms with E-state index in [-0.39, 0.29) is 17.2 Å². The number of carbonyl (C=O) groups is 3. The Morgan fingerprint density at radius 1 is 1.05 bits per heavy atom. The first kappa shape index (κ1) is 25.8. The van der Waals surface area contributed by atoms with Crippen molar-refractivity contribution < 1.29 is 33.5 Å². The van der Waals surface area contributed by atoms with Crippen LogP contribution in [0.5, 0.6) is 17.2 Å². The van der Waals surface area contributed by atoms with Crippen LogP contribution in [-0.2, 0) is 16.2 Å². The molecule has 0 aliphatic carbocycles. The molecule has 0 aromatic heterocycles. The molecule has 0 atom stereocenters. The summed E-state index contributed by atoms with van der Waals surface area (Å²) in [7, 11) is 0. The van der Waals surface area contributed by atoms with Crippen molar-refractivity contribution in [2.24, 2.45) is 0 Å². The summed E-state index contributed by atoms with van der Waals surface area (Å²) < 4.78 is 16.8. The number of nitro benzene ring substituents is 1. The summed E-state index contributed by atoms with van der Waals surface area (Å²) in [5.74, 6) is 0.406. The Morgan fingerprint density at radius 3 is 2.56 bits per heavy atom. The fourth-order valence-electron chi connectivity index (χ4n) is 3.85. The maximum absolute atomic E-state index is 13.0. The third-order valence-electron chi connectivity index (χ3n) is 5.75. The number of nitro groups is 1. The van der Waals surface area contributed by atoms with Crippen LogP contribution in [0.15, 0.2) is 71.6 Å². The van der Waals surface area contributed by atoms with Crippen molar-refractivity contribution in [2.75, 3.05) is 25.1 Å². The van der Waals surface area contributed by atoms with Crippen LogP contribution in [0.2, 0.25) is 0 Å². The number of nitrogens with zero attached hydrogens (tertiary/aromatic N) is 2. The van der Waals surface area contributed by atoms with Crippen molar-refractivity contribution in [1.82, 2.24) is 4.90 Å². The van der Waals surface area contributed by atoms with Crippen LogP contribution in [-0.4, -0.2) is 46.6 Å². The average Bonchev–Trinajstić information content (AvgIpc) is 3.20. The monoisotopic (exact) mass is 547 g/mol. The van der Waals surface area contributed by atoms with Gasteiger partial charge in [-0.3, -0.25) is 29.4 Å². The molecular weight excluding hydrogens is 526 g/mol. The van der Waals surface area contributed by atoms with E-state index < -0.39 is 28.5 Å². The Hall–Kier alpha value is -4.84. The quantitative estimate of drug-likeness (QED) is 0.243. The number of imide groups is 1. The molecule has 1 fully saturated rings. The summed E-state index contributed by atoms with van der Waals surface area (Å²) in [5.41, 5.74) is 1.71. The minimum atomic E-state index is -0.590. The highest BCUT2D eigenvalue weighted by molar-refractivity contribution is 8.18. The first-order valence-electron chi connectivity index (χ1n) is 11.8. The molecule has 3 aromatic rings. The molecule has 0 bridgehead atoms. The highest BCUT2D eigenvalue weighted by atomic mass is 32.2. The van der Waals surface area contributed by atoms with Crippen molar-refractivity contribution in [3.8, 4) is 17.2 Å². The second-order valence-electron chi connectivity index (χ2n) is 8.42. The lowest BCUT2D eigenvalue weighted by Crippen LogP contribution is -2.36. The predicted octanol–water partition coefficient (Wildman–Crippen LogP) is 4.62. The highest BCUT2D eigenvalue weighted by Gasteiger charge is 2.36. The van der Waals surface area contributed by atoms with E-state index in [0.29, 0.717) is 41.7 Å². The van der Waals surface area contributed by atoms with Gasteiger partial charge in [-0.05, 0) is 53.7 Å². The Bertz CT molecular complexity index is 1490. The van der Waals surface area contributed by atoms with Crippen LogP contribution in [0.1, 0.15) is 11.1 Å². The Balaban J connectivity index is 1.23. The Labute approximate surface area is 226 Å². The molecule has 2 aliphatic heterocycles. The lowest BCUT2D eigenvalue weighted by atomic mass is 10.1. The standard InChI is InChI=1S/C27H21N3O8S/c31-25(28-19-7-10-22-23(14-19)37-12-11-36-22)15-29-26(32)24(39-27(29)33)13-18-3-1-2-4-21(18)38-16-17-5-8-20(9-6-17)30(34)35/h1-10,13-14H,11-12,15-16H2,(H,28,31)/b24-13-. The van der Waals surface area contributed by atoms with Gasteiger partial charge in [0.2, 0.25) is 5.91 Å². The number of carbonyl (C=O) groups excluding carboxylic acids is 3. The molecule has 5 rings (SSSR count). The second kappa shape index (κ2) is 11.3. The molecule has 198 valence electrons. The summed E-state index contributed by atoms with van der Waals surface area (Å²) in [6.07, 6.45) is 1.54. The molecule has 1 N–H and O–H groups in total. The van der Waals surface area contributed by atoms with Gasteiger partial charge in [-0.15, -0.1) is 0 Å². The van der Waals surface area contributed by atoms with E-state index in [1.54, 1.807) is 54.6 Å². The number of amides is 3. The zero-order valence-corrected chi connectivity index (χ0v) is 21.1. The minimum absolute atomic E-state index is 0.0187. The van der Waals surface area contributed by atoms with Gasteiger partial charge in [-0.2, -0.15) is 0 Å². The molecular formula is C27H21N3O8S. The molecule has 12 heteroatoms. The summed E-state index contributed by atoms with van der Waals surface area (Å²) >= 11 is 0.734. The average molecular weight is 548 g/mol. The Morgan fingerprint density at radius 2 is 1.79 bits per heavy atom. The zero-order valence-electron chi connectivity index (χ0n) is 20.3. The first-order valence-corrected chi connectivity index (χ1v) is 12.6. The van der Waals surface area contributed by atoms with Gasteiger partial charge in [0.25, 0.3) is 16.8 Å². The fraction of sp³-hybridized carbons (Fsp3) is 0.148. The van der Waals surface area contributed by atoms with Gasteiger partial charge in [-0.1, -0.05) is 18.2 Å². The van der Waals surface area contributed by atoms with E-state index in [9.17, 15) is 24.5 Å². The van der Waals surface area contributed by atoms with E-state index in [2.05, 4.69) is 5.32 Å². The number of benzene rings is 3. The van der Waals surface area contributed by atoms with E-state index in [1.165, 1.54) is 18.2 Å². The van der Waals surface area contributed by atoms with Crippen molar-refractivity contribution in [3.63, 3.8) is 0 Å². The van der Waals surface area contributed by atoms with E-state index >= 15 is 0 Å². The lowest BCUT2D eigenvalue weighted by Gasteiger charge is -2.19. The van der Waals surface area contributed by atoms with Gasteiger partial charge < -0.3 is 19.5 Å². The Kier molecular flexibility index (Phi) is 7.46. The minimum Gasteiger partial charge on any atom is -0.488 e. The summed E-state index contributed by atoms with van der Waals surface area (Å²) in [6.45, 7) is 0.541. The van der Waals surface area contributed by atoms with E-state index in [4.69, 9.17) is 14.2 Å². The molecule has 11 nitrogen and oxygen atoms in total. The van der Waals surface area contributed by atoms with Gasteiger partial charge in [0.15, 0.2) is 11.5 Å². The molecule has 1 saturated heterocycles. The van der Waals surface area contributed by atoms with E-state index in [1.807, 2.05) is 0 Å². The molecule has 39 heavy (non-hydrogen) atoms.